The number of rotatable bonds is 8. The summed E-state index contributed by atoms with van der Waals surface area (Å²) in [5.41, 5.74) is 1.82. The highest BCUT2D eigenvalue weighted by atomic mass is 32.2. The summed E-state index contributed by atoms with van der Waals surface area (Å²) in [6.45, 7) is 7.44. The van der Waals surface area contributed by atoms with E-state index in [1.165, 1.54) is 0 Å². The average Bonchev–Trinajstić information content (AvgIpc) is 3.21. The summed E-state index contributed by atoms with van der Waals surface area (Å²) in [4.78, 5) is 28.5. The van der Waals surface area contributed by atoms with Gasteiger partial charge in [0.05, 0.1) is 23.0 Å². The fraction of sp³-hybridized carbons (Fsp3) is 0.379. The molecule has 2 aromatic carbocycles. The highest BCUT2D eigenvalue weighted by Crippen LogP contribution is 2.30. The van der Waals surface area contributed by atoms with Crippen LogP contribution in [0.4, 0.5) is 5.82 Å². The summed E-state index contributed by atoms with van der Waals surface area (Å²) < 4.78 is 1.91. The summed E-state index contributed by atoms with van der Waals surface area (Å²) in [6, 6.07) is 20.3. The molecule has 0 radical (unpaired) electrons. The zero-order valence-corrected chi connectivity index (χ0v) is 22.4. The number of aromatic nitrogens is 4. The molecule has 0 N–H and O–H groups in total. The van der Waals surface area contributed by atoms with Crippen LogP contribution in [-0.2, 0) is 4.79 Å². The predicted octanol–water partition coefficient (Wildman–Crippen LogP) is 5.55. The van der Waals surface area contributed by atoms with Gasteiger partial charge < -0.3 is 9.80 Å². The summed E-state index contributed by atoms with van der Waals surface area (Å²) in [5, 5.41) is 5.66. The fourth-order valence-corrected chi connectivity index (χ4v) is 5.65. The number of nitrogens with zero attached hydrogens (tertiary/aromatic N) is 6. The number of carbonyl (C=O) groups excluding carboxylic acids is 1. The van der Waals surface area contributed by atoms with Gasteiger partial charge in [-0.3, -0.25) is 4.79 Å². The van der Waals surface area contributed by atoms with E-state index in [4.69, 9.17) is 15.1 Å². The van der Waals surface area contributed by atoms with Gasteiger partial charge in [0.15, 0.2) is 5.65 Å². The maximum Gasteiger partial charge on any atom is 0.232 e. The van der Waals surface area contributed by atoms with E-state index in [0.717, 1.165) is 72.2 Å². The highest BCUT2D eigenvalue weighted by molar-refractivity contribution is 8.00. The molecule has 1 fully saturated rings. The van der Waals surface area contributed by atoms with Gasteiger partial charge in [-0.1, -0.05) is 56.7 Å². The monoisotopic (exact) mass is 514 g/mol. The van der Waals surface area contributed by atoms with Crippen molar-refractivity contribution in [3.05, 3.63) is 72.7 Å². The van der Waals surface area contributed by atoms with E-state index < -0.39 is 0 Å². The summed E-state index contributed by atoms with van der Waals surface area (Å²) in [7, 11) is 0. The zero-order valence-electron chi connectivity index (χ0n) is 21.6. The minimum absolute atomic E-state index is 0.192. The smallest absolute Gasteiger partial charge is 0.232 e. The molecule has 4 aromatic rings. The SMILES string of the molecule is CCCC(C)c1nc(N2CCCN(C(=O)CSc3ccccc3)CC2)c2cnn(-c3ccccc3)c2n1. The number of hydrogen-bond donors (Lipinski definition) is 0. The number of para-hydroxylation sites is 1. The quantitative estimate of drug-likeness (QED) is 0.287. The Hall–Kier alpha value is -3.39. The van der Waals surface area contributed by atoms with Crippen molar-refractivity contribution in [1.82, 2.24) is 24.6 Å². The number of anilines is 1. The molecular weight excluding hydrogens is 480 g/mol. The zero-order chi connectivity index (χ0) is 25.6. The molecule has 8 heteroatoms. The first-order chi connectivity index (χ1) is 18.1. The molecule has 5 rings (SSSR count). The maximum atomic E-state index is 13.0. The topological polar surface area (TPSA) is 67.2 Å². The largest absolute Gasteiger partial charge is 0.354 e. The van der Waals surface area contributed by atoms with Gasteiger partial charge in [-0.15, -0.1) is 11.8 Å². The van der Waals surface area contributed by atoms with Gasteiger partial charge in [0.25, 0.3) is 0 Å². The van der Waals surface area contributed by atoms with Gasteiger partial charge in [-0.25, -0.2) is 14.6 Å². The number of amides is 1. The van der Waals surface area contributed by atoms with E-state index >= 15 is 0 Å². The molecule has 7 nitrogen and oxygen atoms in total. The molecule has 37 heavy (non-hydrogen) atoms. The molecule has 1 amide bonds. The average molecular weight is 515 g/mol. The lowest BCUT2D eigenvalue weighted by atomic mass is 10.1. The molecule has 1 aliphatic rings. The number of carbonyl (C=O) groups is 1. The standard InChI is InChI=1S/C29H34N6OS/c1-3-11-22(2)27-31-28(25-20-30-35(29(25)32-27)23-12-6-4-7-13-23)34-17-10-16-33(18-19-34)26(36)21-37-24-14-8-5-9-15-24/h4-9,12-15,20,22H,3,10-11,16-19,21H2,1-2H3. The van der Waals surface area contributed by atoms with Crippen LogP contribution < -0.4 is 4.90 Å². The molecule has 1 atom stereocenters. The molecule has 0 bridgehead atoms. The van der Waals surface area contributed by atoms with Crippen LogP contribution in [0.5, 0.6) is 0 Å². The summed E-state index contributed by atoms with van der Waals surface area (Å²) in [6.07, 6.45) is 4.90. The van der Waals surface area contributed by atoms with E-state index in [-0.39, 0.29) is 11.8 Å². The Morgan fingerprint density at radius 2 is 1.73 bits per heavy atom. The first-order valence-electron chi connectivity index (χ1n) is 13.2. The molecule has 0 aliphatic carbocycles. The van der Waals surface area contributed by atoms with Gasteiger partial charge >= 0.3 is 0 Å². The maximum absolute atomic E-state index is 13.0. The second-order valence-electron chi connectivity index (χ2n) is 9.55. The van der Waals surface area contributed by atoms with E-state index in [2.05, 4.69) is 30.9 Å². The third kappa shape index (κ3) is 5.80. The van der Waals surface area contributed by atoms with Crippen LogP contribution in [0.15, 0.2) is 71.8 Å². The van der Waals surface area contributed by atoms with Gasteiger partial charge in [-0.2, -0.15) is 5.10 Å². The Kier molecular flexibility index (Phi) is 8.04. The Labute approximate surface area is 222 Å². The van der Waals surface area contributed by atoms with Gasteiger partial charge in [-0.05, 0) is 37.1 Å². The molecule has 1 aliphatic heterocycles. The van der Waals surface area contributed by atoms with Crippen molar-refractivity contribution < 1.29 is 4.79 Å². The van der Waals surface area contributed by atoms with Gasteiger partial charge in [0.1, 0.15) is 11.6 Å². The Bertz CT molecular complexity index is 1330. The van der Waals surface area contributed by atoms with E-state index in [0.29, 0.717) is 12.3 Å². The van der Waals surface area contributed by atoms with Crippen LogP contribution in [0.25, 0.3) is 16.7 Å². The highest BCUT2D eigenvalue weighted by Gasteiger charge is 2.24. The number of thioether (sulfide) groups is 1. The van der Waals surface area contributed by atoms with Gasteiger partial charge in [0, 0.05) is 37.0 Å². The first-order valence-corrected chi connectivity index (χ1v) is 14.1. The molecular formula is C29H34N6OS. The van der Waals surface area contributed by atoms with Crippen molar-refractivity contribution in [1.29, 1.82) is 0 Å². The summed E-state index contributed by atoms with van der Waals surface area (Å²) in [5.74, 6) is 2.70. The van der Waals surface area contributed by atoms with Crippen LogP contribution in [-0.4, -0.2) is 62.5 Å². The van der Waals surface area contributed by atoms with Crippen molar-refractivity contribution in [2.24, 2.45) is 0 Å². The molecule has 2 aromatic heterocycles. The van der Waals surface area contributed by atoms with Crippen LogP contribution in [0.2, 0.25) is 0 Å². The molecule has 1 unspecified atom stereocenters. The van der Waals surface area contributed by atoms with Crippen molar-refractivity contribution in [2.45, 2.75) is 43.9 Å². The van der Waals surface area contributed by atoms with E-state index in [1.54, 1.807) is 11.8 Å². The Balaban J connectivity index is 1.39. The van der Waals surface area contributed by atoms with Crippen molar-refractivity contribution in [3.8, 4) is 5.69 Å². The lowest BCUT2D eigenvalue weighted by Gasteiger charge is -2.24. The normalized spacial score (nSPS) is 15.1. The van der Waals surface area contributed by atoms with Crippen molar-refractivity contribution >= 4 is 34.5 Å². The molecule has 3 heterocycles. The number of benzene rings is 2. The lowest BCUT2D eigenvalue weighted by molar-refractivity contribution is -0.128. The lowest BCUT2D eigenvalue weighted by Crippen LogP contribution is -2.36. The van der Waals surface area contributed by atoms with Crippen molar-refractivity contribution in [2.75, 3.05) is 36.8 Å². The molecule has 1 saturated heterocycles. The van der Waals surface area contributed by atoms with Crippen LogP contribution >= 0.6 is 11.8 Å². The second-order valence-corrected chi connectivity index (χ2v) is 10.6. The van der Waals surface area contributed by atoms with E-state index in [9.17, 15) is 4.79 Å². The first kappa shape index (κ1) is 25.3. The molecule has 0 saturated carbocycles. The number of fused-ring (bicyclic) bond motifs is 1. The van der Waals surface area contributed by atoms with Gasteiger partial charge in [0.2, 0.25) is 5.91 Å². The van der Waals surface area contributed by atoms with E-state index in [1.807, 2.05) is 64.3 Å². The minimum atomic E-state index is 0.192. The second kappa shape index (κ2) is 11.8. The van der Waals surface area contributed by atoms with Crippen LogP contribution in [0.3, 0.4) is 0 Å². The fourth-order valence-electron chi connectivity index (χ4n) is 4.82. The third-order valence-corrected chi connectivity index (χ3v) is 7.84. The van der Waals surface area contributed by atoms with Crippen LogP contribution in [0.1, 0.15) is 44.9 Å². The number of hydrogen-bond acceptors (Lipinski definition) is 6. The Morgan fingerprint density at radius 1 is 0.973 bits per heavy atom. The van der Waals surface area contributed by atoms with Crippen molar-refractivity contribution in [3.63, 3.8) is 0 Å². The Morgan fingerprint density at radius 3 is 2.49 bits per heavy atom. The molecule has 192 valence electrons. The molecule has 0 spiro atoms. The minimum Gasteiger partial charge on any atom is -0.354 e. The predicted molar refractivity (Wildman–Crippen MR) is 151 cm³/mol. The van der Waals surface area contributed by atoms with Crippen LogP contribution in [0, 0.1) is 0 Å². The third-order valence-electron chi connectivity index (χ3n) is 6.84. The summed E-state index contributed by atoms with van der Waals surface area (Å²) >= 11 is 1.60.